The van der Waals surface area contributed by atoms with Crippen molar-refractivity contribution in [2.24, 2.45) is 0 Å². The SMILES string of the molecule is CCCCOC(=O)c1ccc2cc(OCCOc3ccc4cc(C(=O)O)ccc4c3)ccc2c1. The Labute approximate surface area is 197 Å². The summed E-state index contributed by atoms with van der Waals surface area (Å²) in [6.45, 7) is 3.22. The van der Waals surface area contributed by atoms with Gasteiger partial charge in [-0.05, 0) is 76.5 Å². The summed E-state index contributed by atoms with van der Waals surface area (Å²) in [5.74, 6) is 0.160. The first-order chi connectivity index (χ1) is 16.5. The van der Waals surface area contributed by atoms with Crippen LogP contribution in [-0.2, 0) is 4.74 Å². The van der Waals surface area contributed by atoms with E-state index in [4.69, 9.17) is 19.3 Å². The van der Waals surface area contributed by atoms with Crippen LogP contribution >= 0.6 is 0 Å². The van der Waals surface area contributed by atoms with Crippen molar-refractivity contribution >= 4 is 33.5 Å². The smallest absolute Gasteiger partial charge is 0.338 e. The molecule has 0 bridgehead atoms. The standard InChI is InChI=1S/C28H26O6/c1-2-3-12-34-28(31)24-7-5-22-18-26(11-9-20(22)16-24)33-14-13-32-25-10-8-19-15-23(27(29)30)6-4-21(19)17-25/h4-11,15-18H,2-3,12-14H2,1H3,(H,29,30). The van der Waals surface area contributed by atoms with Crippen LogP contribution < -0.4 is 9.47 Å². The zero-order valence-corrected chi connectivity index (χ0v) is 19.0. The summed E-state index contributed by atoms with van der Waals surface area (Å²) >= 11 is 0. The van der Waals surface area contributed by atoms with Gasteiger partial charge in [0.2, 0.25) is 0 Å². The number of hydrogen-bond acceptors (Lipinski definition) is 5. The number of rotatable bonds is 10. The topological polar surface area (TPSA) is 82.1 Å². The molecule has 0 fully saturated rings. The number of fused-ring (bicyclic) bond motifs is 2. The molecule has 0 spiro atoms. The van der Waals surface area contributed by atoms with Crippen LogP contribution in [0.2, 0.25) is 0 Å². The minimum atomic E-state index is -0.946. The molecule has 0 aliphatic rings. The van der Waals surface area contributed by atoms with Gasteiger partial charge >= 0.3 is 11.9 Å². The van der Waals surface area contributed by atoms with Crippen LogP contribution in [0.3, 0.4) is 0 Å². The van der Waals surface area contributed by atoms with E-state index in [9.17, 15) is 9.59 Å². The molecular formula is C28H26O6. The van der Waals surface area contributed by atoms with Crippen molar-refractivity contribution in [3.63, 3.8) is 0 Å². The van der Waals surface area contributed by atoms with E-state index in [-0.39, 0.29) is 11.5 Å². The van der Waals surface area contributed by atoms with Gasteiger partial charge in [-0.1, -0.05) is 37.6 Å². The first-order valence-electron chi connectivity index (χ1n) is 11.3. The highest BCUT2D eigenvalue weighted by atomic mass is 16.5. The fourth-order valence-electron chi connectivity index (χ4n) is 3.60. The molecule has 0 unspecified atom stereocenters. The number of unbranched alkanes of at least 4 members (excludes halogenated alkanes) is 1. The predicted molar refractivity (Wildman–Crippen MR) is 131 cm³/mol. The fraction of sp³-hybridized carbons (Fsp3) is 0.214. The van der Waals surface area contributed by atoms with Crippen LogP contribution in [0.4, 0.5) is 0 Å². The molecule has 4 rings (SSSR count). The third-order valence-electron chi connectivity index (χ3n) is 5.46. The summed E-state index contributed by atoms with van der Waals surface area (Å²) in [5.41, 5.74) is 0.799. The average molecular weight is 459 g/mol. The molecule has 4 aromatic carbocycles. The van der Waals surface area contributed by atoms with Crippen molar-refractivity contribution in [1.82, 2.24) is 0 Å². The number of hydrogen-bond donors (Lipinski definition) is 1. The summed E-state index contributed by atoms with van der Waals surface area (Å²) < 4.78 is 16.9. The van der Waals surface area contributed by atoms with Gasteiger partial charge in [-0.25, -0.2) is 9.59 Å². The largest absolute Gasteiger partial charge is 0.490 e. The second kappa shape index (κ2) is 10.7. The number of benzene rings is 4. The number of carboxylic acid groups (broad SMARTS) is 1. The Balaban J connectivity index is 1.31. The molecule has 4 aromatic rings. The van der Waals surface area contributed by atoms with E-state index >= 15 is 0 Å². The summed E-state index contributed by atoms with van der Waals surface area (Å²) in [6, 6.07) is 21.7. The van der Waals surface area contributed by atoms with Crippen LogP contribution in [0, 0.1) is 0 Å². The second-order valence-corrected chi connectivity index (χ2v) is 7.94. The molecule has 6 heteroatoms. The summed E-state index contributed by atoms with van der Waals surface area (Å²) in [5, 5.41) is 12.8. The lowest BCUT2D eigenvalue weighted by Crippen LogP contribution is -2.09. The molecule has 34 heavy (non-hydrogen) atoms. The number of carbonyl (C=O) groups excluding carboxylic acids is 1. The van der Waals surface area contributed by atoms with Gasteiger partial charge in [0.05, 0.1) is 17.7 Å². The van der Waals surface area contributed by atoms with Crippen molar-refractivity contribution in [3.05, 3.63) is 83.9 Å². The number of carboxylic acids is 1. The van der Waals surface area contributed by atoms with Crippen molar-refractivity contribution in [1.29, 1.82) is 0 Å². The van der Waals surface area contributed by atoms with E-state index in [1.165, 1.54) is 0 Å². The number of esters is 1. The Bertz CT molecular complexity index is 1330. The van der Waals surface area contributed by atoms with Crippen LogP contribution in [0.5, 0.6) is 11.5 Å². The number of aromatic carboxylic acids is 1. The minimum Gasteiger partial charge on any atom is -0.490 e. The van der Waals surface area contributed by atoms with Crippen molar-refractivity contribution < 1.29 is 28.9 Å². The minimum absolute atomic E-state index is 0.257. The van der Waals surface area contributed by atoms with Gasteiger partial charge in [-0.2, -0.15) is 0 Å². The molecule has 0 saturated heterocycles. The van der Waals surface area contributed by atoms with Crippen LogP contribution in [-0.4, -0.2) is 36.9 Å². The van der Waals surface area contributed by atoms with Gasteiger partial charge in [0.25, 0.3) is 0 Å². The Morgan fingerprint density at radius 1 is 0.676 bits per heavy atom. The van der Waals surface area contributed by atoms with E-state index in [2.05, 4.69) is 6.92 Å². The Hall–Kier alpha value is -4.06. The Kier molecular flexibility index (Phi) is 7.28. The van der Waals surface area contributed by atoms with Gasteiger partial charge in [-0.15, -0.1) is 0 Å². The average Bonchev–Trinajstić information content (AvgIpc) is 2.85. The quantitative estimate of drug-likeness (QED) is 0.228. The monoisotopic (exact) mass is 458 g/mol. The van der Waals surface area contributed by atoms with Crippen molar-refractivity contribution in [3.8, 4) is 11.5 Å². The molecule has 0 heterocycles. The Morgan fingerprint density at radius 2 is 1.18 bits per heavy atom. The molecular weight excluding hydrogens is 432 g/mol. The molecule has 0 amide bonds. The molecule has 0 aliphatic carbocycles. The molecule has 0 radical (unpaired) electrons. The molecule has 1 N–H and O–H groups in total. The molecule has 0 aromatic heterocycles. The maximum atomic E-state index is 12.2. The third kappa shape index (κ3) is 5.64. The highest BCUT2D eigenvalue weighted by Crippen LogP contribution is 2.24. The zero-order chi connectivity index (χ0) is 23.9. The van der Waals surface area contributed by atoms with E-state index in [1.54, 1.807) is 24.3 Å². The van der Waals surface area contributed by atoms with E-state index < -0.39 is 5.97 Å². The lowest BCUT2D eigenvalue weighted by molar-refractivity contribution is 0.0499. The molecule has 0 saturated carbocycles. The highest BCUT2D eigenvalue weighted by Gasteiger charge is 2.09. The van der Waals surface area contributed by atoms with Crippen molar-refractivity contribution in [2.75, 3.05) is 19.8 Å². The second-order valence-electron chi connectivity index (χ2n) is 7.94. The van der Waals surface area contributed by atoms with Crippen LogP contribution in [0.15, 0.2) is 72.8 Å². The predicted octanol–water partition coefficient (Wildman–Crippen LogP) is 6.11. The lowest BCUT2D eigenvalue weighted by atomic mass is 10.1. The molecule has 0 atom stereocenters. The summed E-state index contributed by atoms with van der Waals surface area (Å²) in [4.78, 5) is 23.3. The van der Waals surface area contributed by atoms with Gasteiger partial charge in [0, 0.05) is 0 Å². The Morgan fingerprint density at radius 3 is 1.74 bits per heavy atom. The van der Waals surface area contributed by atoms with Crippen molar-refractivity contribution in [2.45, 2.75) is 19.8 Å². The maximum Gasteiger partial charge on any atom is 0.338 e. The normalized spacial score (nSPS) is 10.9. The van der Waals surface area contributed by atoms with Gasteiger partial charge in [-0.3, -0.25) is 0 Å². The van der Waals surface area contributed by atoms with Crippen LogP contribution in [0.1, 0.15) is 40.5 Å². The lowest BCUT2D eigenvalue weighted by Gasteiger charge is -2.10. The third-order valence-corrected chi connectivity index (χ3v) is 5.46. The fourth-order valence-corrected chi connectivity index (χ4v) is 3.60. The highest BCUT2D eigenvalue weighted by molar-refractivity contribution is 5.96. The molecule has 0 aliphatic heterocycles. The number of carbonyl (C=O) groups is 2. The van der Waals surface area contributed by atoms with Crippen LogP contribution in [0.25, 0.3) is 21.5 Å². The van der Waals surface area contributed by atoms with Gasteiger partial charge in [0.1, 0.15) is 24.7 Å². The first kappa shape index (κ1) is 23.1. The van der Waals surface area contributed by atoms with Gasteiger partial charge in [0.15, 0.2) is 0 Å². The summed E-state index contributed by atoms with van der Waals surface area (Å²) in [7, 11) is 0. The van der Waals surface area contributed by atoms with E-state index in [0.29, 0.717) is 36.9 Å². The number of ether oxygens (including phenoxy) is 3. The maximum absolute atomic E-state index is 12.2. The van der Waals surface area contributed by atoms with E-state index in [1.807, 2.05) is 48.5 Å². The molecule has 174 valence electrons. The van der Waals surface area contributed by atoms with E-state index in [0.717, 1.165) is 34.4 Å². The zero-order valence-electron chi connectivity index (χ0n) is 19.0. The van der Waals surface area contributed by atoms with Gasteiger partial charge < -0.3 is 19.3 Å². The molecule has 6 nitrogen and oxygen atoms in total. The first-order valence-corrected chi connectivity index (χ1v) is 11.3. The summed E-state index contributed by atoms with van der Waals surface area (Å²) in [6.07, 6.45) is 1.84.